The van der Waals surface area contributed by atoms with Crippen LogP contribution in [0.2, 0.25) is 0 Å². The minimum Gasteiger partial charge on any atom is -0.462 e. The molecular weight excluding hydrogens is 827 g/mol. The summed E-state index contributed by atoms with van der Waals surface area (Å²) in [5.41, 5.74) is 0. The molecule has 0 heterocycles. The van der Waals surface area contributed by atoms with Crippen molar-refractivity contribution in [2.75, 3.05) is 6.61 Å². The Morgan fingerprint density at radius 2 is 0.761 bits per heavy atom. The summed E-state index contributed by atoms with van der Waals surface area (Å²) in [7, 11) is 0. The molecule has 0 saturated carbocycles. The average Bonchev–Trinajstić information content (AvgIpc) is 3.32. The first kappa shape index (κ1) is 65.1. The third kappa shape index (κ3) is 50.3. The van der Waals surface area contributed by atoms with Gasteiger partial charge in [-0.25, -0.2) is 0 Å². The number of amides is 1. The highest BCUT2D eigenvalue weighted by Gasteiger charge is 2.24. The van der Waals surface area contributed by atoms with Gasteiger partial charge in [0.05, 0.1) is 25.2 Å². The van der Waals surface area contributed by atoms with Crippen molar-refractivity contribution in [1.29, 1.82) is 0 Å². The third-order valence-electron chi connectivity index (χ3n) is 13.7. The largest absolute Gasteiger partial charge is 0.462 e. The molecule has 0 aromatic heterocycles. The number of carbonyl (C=O) groups is 2. The normalized spacial score (nSPS) is 13.3. The summed E-state index contributed by atoms with van der Waals surface area (Å²) < 4.78 is 5.95. The van der Waals surface area contributed by atoms with E-state index in [9.17, 15) is 19.8 Å². The Labute approximate surface area is 417 Å². The molecule has 3 N–H and O–H groups in total. The molecule has 0 spiro atoms. The van der Waals surface area contributed by atoms with Crippen molar-refractivity contribution >= 4 is 11.9 Å². The molecule has 0 rings (SSSR count). The molecule has 3 atom stereocenters. The van der Waals surface area contributed by atoms with E-state index in [-0.39, 0.29) is 24.9 Å². The van der Waals surface area contributed by atoms with Gasteiger partial charge in [0.25, 0.3) is 0 Å². The molecule has 0 radical (unpaired) electrons. The second kappa shape index (κ2) is 55.0. The van der Waals surface area contributed by atoms with Gasteiger partial charge in [0.15, 0.2) is 0 Å². The Bertz CT molecular complexity index is 1100. The molecule has 6 heteroatoms. The summed E-state index contributed by atoms with van der Waals surface area (Å²) in [6.07, 6.45) is 66.4. The maximum atomic E-state index is 13.3. The smallest absolute Gasteiger partial charge is 0.306 e. The van der Waals surface area contributed by atoms with Crippen molar-refractivity contribution in [2.24, 2.45) is 0 Å². The van der Waals surface area contributed by atoms with Crippen molar-refractivity contribution < 1.29 is 24.5 Å². The molecule has 0 saturated heterocycles. The van der Waals surface area contributed by atoms with Crippen LogP contribution in [0.5, 0.6) is 0 Å². The van der Waals surface area contributed by atoms with Crippen molar-refractivity contribution in [3.63, 3.8) is 0 Å². The van der Waals surface area contributed by atoms with Crippen LogP contribution in [-0.4, -0.2) is 46.9 Å². The summed E-state index contributed by atoms with van der Waals surface area (Å²) >= 11 is 0. The van der Waals surface area contributed by atoms with E-state index in [4.69, 9.17) is 4.74 Å². The second-order valence-electron chi connectivity index (χ2n) is 20.4. The van der Waals surface area contributed by atoms with E-state index >= 15 is 0 Å². The second-order valence-corrected chi connectivity index (χ2v) is 20.4. The summed E-state index contributed by atoms with van der Waals surface area (Å²) in [5.74, 6) is -0.494. The number of hydrogen-bond acceptors (Lipinski definition) is 5. The molecule has 394 valence electrons. The molecule has 3 unspecified atom stereocenters. The van der Waals surface area contributed by atoms with Gasteiger partial charge in [-0.3, -0.25) is 9.59 Å². The van der Waals surface area contributed by atoms with Gasteiger partial charge in [0.2, 0.25) is 5.91 Å². The standard InChI is InChI=1S/C61H115NO5/c1-4-7-10-13-16-19-22-25-28-29-30-33-36-39-42-45-48-51-54-61(66)67-57(52-49-46-43-40-37-34-31-26-23-20-17-14-11-8-5-2)55-60(65)62-58(56-63)59(64)53-50-47-44-41-38-35-32-27-24-21-18-15-12-9-6-3/h17,20,26,31,37,40,57-59,63-64H,4-16,18-19,21-25,27-30,32-36,38-39,41-56H2,1-3H3,(H,62,65)/b20-17-,31-26-,40-37-. The van der Waals surface area contributed by atoms with Crippen LogP contribution >= 0.6 is 0 Å². The SMILES string of the molecule is CCCCC/C=C\C/C=C\C/C=C\CCCCC(CC(=O)NC(CO)C(O)CCCCCCCCCCCCCCCCC)OC(=O)CCCCCCCCCCCCCCCCCCCC. The molecule has 0 aromatic carbocycles. The first-order valence-electron chi connectivity index (χ1n) is 29.7. The van der Waals surface area contributed by atoms with E-state index in [0.29, 0.717) is 19.3 Å². The van der Waals surface area contributed by atoms with Crippen LogP contribution in [0.25, 0.3) is 0 Å². The van der Waals surface area contributed by atoms with Gasteiger partial charge in [0.1, 0.15) is 6.10 Å². The van der Waals surface area contributed by atoms with Gasteiger partial charge in [-0.2, -0.15) is 0 Å². The lowest BCUT2D eigenvalue weighted by molar-refractivity contribution is -0.151. The highest BCUT2D eigenvalue weighted by molar-refractivity contribution is 5.77. The predicted octanol–water partition coefficient (Wildman–Crippen LogP) is 18.4. The van der Waals surface area contributed by atoms with Crippen molar-refractivity contribution in [1.82, 2.24) is 5.32 Å². The molecule has 0 bridgehead atoms. The van der Waals surface area contributed by atoms with E-state index in [0.717, 1.165) is 70.6 Å². The van der Waals surface area contributed by atoms with Crippen LogP contribution in [0.4, 0.5) is 0 Å². The third-order valence-corrected chi connectivity index (χ3v) is 13.7. The van der Waals surface area contributed by atoms with Crippen LogP contribution in [-0.2, 0) is 14.3 Å². The van der Waals surface area contributed by atoms with Gasteiger partial charge < -0.3 is 20.3 Å². The zero-order valence-corrected chi connectivity index (χ0v) is 45.0. The van der Waals surface area contributed by atoms with E-state index in [1.807, 2.05) is 0 Å². The van der Waals surface area contributed by atoms with Gasteiger partial charge >= 0.3 is 5.97 Å². The van der Waals surface area contributed by atoms with Gasteiger partial charge in [-0.1, -0.05) is 276 Å². The van der Waals surface area contributed by atoms with Gasteiger partial charge in [0, 0.05) is 6.42 Å². The first-order valence-corrected chi connectivity index (χ1v) is 29.7. The Kier molecular flexibility index (Phi) is 53.4. The van der Waals surface area contributed by atoms with Crippen molar-refractivity contribution in [3.05, 3.63) is 36.5 Å². The molecule has 6 nitrogen and oxygen atoms in total. The van der Waals surface area contributed by atoms with Gasteiger partial charge in [-0.05, 0) is 64.2 Å². The number of aliphatic hydroxyl groups is 2. The molecule has 0 aliphatic rings. The Morgan fingerprint density at radius 3 is 1.16 bits per heavy atom. The monoisotopic (exact) mass is 942 g/mol. The fraction of sp³-hybridized carbons (Fsp3) is 0.869. The zero-order valence-electron chi connectivity index (χ0n) is 45.0. The van der Waals surface area contributed by atoms with Crippen LogP contribution in [0.15, 0.2) is 36.5 Å². The number of unbranched alkanes of at least 4 members (excludes halogenated alkanes) is 36. The number of esters is 1. The molecule has 0 aliphatic heterocycles. The number of ether oxygens (including phenoxy) is 1. The lowest BCUT2D eigenvalue weighted by atomic mass is 10.0. The molecule has 1 amide bonds. The van der Waals surface area contributed by atoms with E-state index < -0.39 is 18.2 Å². The zero-order chi connectivity index (χ0) is 48.8. The Hall–Kier alpha value is -1.92. The van der Waals surface area contributed by atoms with E-state index in [2.05, 4.69) is 62.5 Å². The van der Waals surface area contributed by atoms with E-state index in [1.165, 1.54) is 199 Å². The topological polar surface area (TPSA) is 95.9 Å². The summed E-state index contributed by atoms with van der Waals surface area (Å²) in [6, 6.07) is -0.712. The predicted molar refractivity (Wildman–Crippen MR) is 292 cm³/mol. The number of allylic oxidation sites excluding steroid dienone is 6. The average molecular weight is 943 g/mol. The molecule has 0 fully saturated rings. The quantitative estimate of drug-likeness (QED) is 0.0321. The highest BCUT2D eigenvalue weighted by Crippen LogP contribution is 2.18. The molecular formula is C61H115NO5. The maximum absolute atomic E-state index is 13.3. The van der Waals surface area contributed by atoms with Crippen LogP contribution in [0.1, 0.15) is 316 Å². The number of carbonyl (C=O) groups excluding carboxylic acids is 2. The van der Waals surface area contributed by atoms with Crippen molar-refractivity contribution in [2.45, 2.75) is 334 Å². The number of nitrogens with one attached hydrogen (secondary N) is 1. The van der Waals surface area contributed by atoms with Gasteiger partial charge in [-0.15, -0.1) is 0 Å². The van der Waals surface area contributed by atoms with E-state index in [1.54, 1.807) is 0 Å². The van der Waals surface area contributed by atoms with Crippen molar-refractivity contribution in [3.8, 4) is 0 Å². The lowest BCUT2D eigenvalue weighted by Gasteiger charge is -2.24. The summed E-state index contributed by atoms with van der Waals surface area (Å²) in [4.78, 5) is 26.3. The fourth-order valence-corrected chi connectivity index (χ4v) is 9.20. The first-order chi connectivity index (χ1) is 33.0. The number of rotatable bonds is 54. The van der Waals surface area contributed by atoms with Crippen LogP contribution in [0, 0.1) is 0 Å². The Morgan fingerprint density at radius 1 is 0.433 bits per heavy atom. The summed E-state index contributed by atoms with van der Waals surface area (Å²) in [6.45, 7) is 6.49. The Balaban J connectivity index is 4.55. The number of hydrogen-bond donors (Lipinski definition) is 3. The minimum absolute atomic E-state index is 0.0563. The highest BCUT2D eigenvalue weighted by atomic mass is 16.5. The molecule has 0 aromatic rings. The van der Waals surface area contributed by atoms with Crippen LogP contribution < -0.4 is 5.32 Å². The minimum atomic E-state index is -0.796. The number of aliphatic hydroxyl groups excluding tert-OH is 2. The van der Waals surface area contributed by atoms with Crippen LogP contribution in [0.3, 0.4) is 0 Å². The maximum Gasteiger partial charge on any atom is 0.306 e. The fourth-order valence-electron chi connectivity index (χ4n) is 9.20. The molecule has 67 heavy (non-hydrogen) atoms. The lowest BCUT2D eigenvalue weighted by Crippen LogP contribution is -2.46. The molecule has 0 aliphatic carbocycles. The summed E-state index contributed by atoms with van der Waals surface area (Å²) in [5, 5.41) is 23.9.